The van der Waals surface area contributed by atoms with E-state index in [1.54, 1.807) is 7.11 Å². The van der Waals surface area contributed by atoms with Crippen LogP contribution in [-0.4, -0.2) is 33.8 Å². The molecule has 1 fully saturated rings. The van der Waals surface area contributed by atoms with E-state index in [-0.39, 0.29) is 28.7 Å². The first-order valence-electron chi connectivity index (χ1n) is 8.49. The molecule has 1 aromatic heterocycles. The molecular formula is C17H28N4O2. The normalized spacial score (nSPS) is 25.5. The van der Waals surface area contributed by atoms with E-state index in [0.29, 0.717) is 6.61 Å². The average Bonchev–Trinajstić information content (AvgIpc) is 2.72. The summed E-state index contributed by atoms with van der Waals surface area (Å²) in [5, 5.41) is 11.7. The van der Waals surface area contributed by atoms with Crippen LogP contribution in [0.1, 0.15) is 52.2 Å². The van der Waals surface area contributed by atoms with Crippen LogP contribution in [0.3, 0.4) is 0 Å². The standard InChI is InChI=1S/C17H28N4O2/c1-16(2)14(17(16,3)4)15(22)18-11-6-7-12-19-20-13(10-23-5)21(12)9-8-11/h11,14H,6-10H2,1-5H3,(H,18,22). The van der Waals surface area contributed by atoms with Crippen molar-refractivity contribution in [3.63, 3.8) is 0 Å². The maximum absolute atomic E-state index is 12.6. The molecule has 1 unspecified atom stereocenters. The van der Waals surface area contributed by atoms with Crippen LogP contribution in [0.2, 0.25) is 0 Å². The number of methoxy groups -OCH3 is 1. The Kier molecular flexibility index (Phi) is 3.99. The molecule has 0 radical (unpaired) electrons. The fourth-order valence-electron chi connectivity index (χ4n) is 4.06. The number of nitrogens with one attached hydrogen (secondary N) is 1. The Labute approximate surface area is 138 Å². The monoisotopic (exact) mass is 320 g/mol. The quantitative estimate of drug-likeness (QED) is 0.920. The zero-order valence-corrected chi connectivity index (χ0v) is 14.8. The topological polar surface area (TPSA) is 69.0 Å². The molecule has 3 rings (SSSR count). The van der Waals surface area contributed by atoms with Crippen molar-refractivity contribution in [3.05, 3.63) is 11.6 Å². The van der Waals surface area contributed by atoms with Gasteiger partial charge < -0.3 is 14.6 Å². The molecule has 6 heteroatoms. The van der Waals surface area contributed by atoms with E-state index in [9.17, 15) is 4.79 Å². The first-order valence-corrected chi connectivity index (χ1v) is 8.49. The predicted molar refractivity (Wildman–Crippen MR) is 86.7 cm³/mol. The van der Waals surface area contributed by atoms with Crippen LogP contribution in [0.5, 0.6) is 0 Å². The Morgan fingerprint density at radius 1 is 1.26 bits per heavy atom. The molecule has 1 aromatic rings. The molecule has 1 amide bonds. The van der Waals surface area contributed by atoms with Gasteiger partial charge in [-0.1, -0.05) is 27.7 Å². The van der Waals surface area contributed by atoms with Gasteiger partial charge in [-0.05, 0) is 23.7 Å². The SMILES string of the molecule is COCc1nnc2n1CCC(NC(=O)C1C(C)(C)C1(C)C)CC2. The van der Waals surface area contributed by atoms with E-state index < -0.39 is 0 Å². The minimum atomic E-state index is 0.0875. The predicted octanol–water partition coefficient (Wildman–Crippen LogP) is 1.93. The van der Waals surface area contributed by atoms with Crippen LogP contribution >= 0.6 is 0 Å². The number of carbonyl (C=O) groups excluding carboxylic acids is 1. The van der Waals surface area contributed by atoms with E-state index in [1.165, 1.54) is 0 Å². The van der Waals surface area contributed by atoms with Crippen LogP contribution in [0.4, 0.5) is 0 Å². The molecule has 1 saturated carbocycles. The summed E-state index contributed by atoms with van der Waals surface area (Å²) in [7, 11) is 1.67. The van der Waals surface area contributed by atoms with Crippen molar-refractivity contribution in [3.8, 4) is 0 Å². The zero-order chi connectivity index (χ0) is 16.8. The van der Waals surface area contributed by atoms with Gasteiger partial charge in [0.25, 0.3) is 0 Å². The van der Waals surface area contributed by atoms with E-state index in [1.807, 2.05) is 0 Å². The summed E-state index contributed by atoms with van der Waals surface area (Å²) in [6.45, 7) is 10.1. The number of amides is 1. The lowest BCUT2D eigenvalue weighted by Gasteiger charge is -2.17. The molecule has 23 heavy (non-hydrogen) atoms. The van der Waals surface area contributed by atoms with Gasteiger partial charge in [0.2, 0.25) is 5.91 Å². The molecular weight excluding hydrogens is 292 g/mol. The van der Waals surface area contributed by atoms with Crippen LogP contribution in [0.25, 0.3) is 0 Å². The summed E-state index contributed by atoms with van der Waals surface area (Å²) in [5.41, 5.74) is 0.175. The van der Waals surface area contributed by atoms with E-state index in [4.69, 9.17) is 4.74 Å². The Hall–Kier alpha value is -1.43. The van der Waals surface area contributed by atoms with Crippen molar-refractivity contribution in [2.24, 2.45) is 16.7 Å². The van der Waals surface area contributed by atoms with Crippen LogP contribution < -0.4 is 5.32 Å². The highest BCUT2D eigenvalue weighted by Crippen LogP contribution is 2.68. The first-order chi connectivity index (χ1) is 10.8. The Balaban J connectivity index is 1.61. The molecule has 128 valence electrons. The molecule has 1 atom stereocenters. The second-order valence-corrected chi connectivity index (χ2v) is 8.03. The van der Waals surface area contributed by atoms with Gasteiger partial charge in [0.15, 0.2) is 5.82 Å². The maximum atomic E-state index is 12.6. The lowest BCUT2D eigenvalue weighted by atomic mass is 10.0. The minimum Gasteiger partial charge on any atom is -0.377 e. The summed E-state index contributed by atoms with van der Waals surface area (Å²) >= 11 is 0. The first kappa shape index (κ1) is 16.4. The number of fused-ring (bicyclic) bond motifs is 1. The number of rotatable bonds is 4. The number of ether oxygens (including phenoxy) is 1. The average molecular weight is 320 g/mol. The van der Waals surface area contributed by atoms with E-state index >= 15 is 0 Å². The van der Waals surface area contributed by atoms with Gasteiger partial charge in [-0.25, -0.2) is 0 Å². The molecule has 1 aliphatic heterocycles. The molecule has 0 bridgehead atoms. The Bertz CT molecular complexity index is 592. The van der Waals surface area contributed by atoms with Crippen LogP contribution in [0.15, 0.2) is 0 Å². The summed E-state index contributed by atoms with van der Waals surface area (Å²) < 4.78 is 7.32. The van der Waals surface area contributed by atoms with Crippen molar-refractivity contribution < 1.29 is 9.53 Å². The maximum Gasteiger partial charge on any atom is 0.224 e. The molecule has 2 aliphatic rings. The number of aromatic nitrogens is 3. The number of hydrogen-bond donors (Lipinski definition) is 1. The van der Waals surface area contributed by atoms with E-state index in [2.05, 4.69) is 47.8 Å². The van der Waals surface area contributed by atoms with Crippen LogP contribution in [-0.2, 0) is 29.1 Å². The zero-order valence-electron chi connectivity index (χ0n) is 14.8. The minimum absolute atomic E-state index is 0.0875. The van der Waals surface area contributed by atoms with Crippen LogP contribution in [0, 0.1) is 16.7 Å². The smallest absolute Gasteiger partial charge is 0.224 e. The van der Waals surface area contributed by atoms with Crippen molar-refractivity contribution in [1.82, 2.24) is 20.1 Å². The van der Waals surface area contributed by atoms with Gasteiger partial charge in [0, 0.05) is 32.0 Å². The molecule has 2 heterocycles. The molecule has 0 spiro atoms. The number of hydrogen-bond acceptors (Lipinski definition) is 4. The number of nitrogens with zero attached hydrogens (tertiary/aromatic N) is 3. The van der Waals surface area contributed by atoms with Gasteiger partial charge >= 0.3 is 0 Å². The van der Waals surface area contributed by atoms with Crippen molar-refractivity contribution in [1.29, 1.82) is 0 Å². The third kappa shape index (κ3) is 2.67. The fraction of sp³-hybridized carbons (Fsp3) is 0.824. The molecule has 6 nitrogen and oxygen atoms in total. The number of aryl methyl sites for hydroxylation is 1. The van der Waals surface area contributed by atoms with Gasteiger partial charge in [0.1, 0.15) is 12.4 Å². The molecule has 1 N–H and O–H groups in total. The molecule has 0 saturated heterocycles. The Morgan fingerprint density at radius 3 is 2.57 bits per heavy atom. The molecule has 0 aromatic carbocycles. The molecule has 1 aliphatic carbocycles. The summed E-state index contributed by atoms with van der Waals surface area (Å²) in [5.74, 6) is 2.20. The van der Waals surface area contributed by atoms with Crippen molar-refractivity contribution >= 4 is 5.91 Å². The summed E-state index contributed by atoms with van der Waals surface area (Å²) in [4.78, 5) is 12.6. The van der Waals surface area contributed by atoms with Gasteiger partial charge in [-0.2, -0.15) is 0 Å². The van der Waals surface area contributed by atoms with Crippen molar-refractivity contribution in [2.45, 2.75) is 66.2 Å². The lowest BCUT2D eigenvalue weighted by molar-refractivity contribution is -0.124. The summed E-state index contributed by atoms with van der Waals surface area (Å²) in [6, 6.07) is 0.215. The Morgan fingerprint density at radius 2 is 1.96 bits per heavy atom. The largest absolute Gasteiger partial charge is 0.377 e. The highest BCUT2D eigenvalue weighted by molar-refractivity contribution is 5.84. The van der Waals surface area contributed by atoms with Gasteiger partial charge in [-0.3, -0.25) is 4.79 Å². The summed E-state index contributed by atoms with van der Waals surface area (Å²) in [6.07, 6.45) is 2.69. The second-order valence-electron chi connectivity index (χ2n) is 8.03. The fourth-order valence-corrected chi connectivity index (χ4v) is 4.06. The van der Waals surface area contributed by atoms with Crippen molar-refractivity contribution in [2.75, 3.05) is 7.11 Å². The third-order valence-corrected chi connectivity index (χ3v) is 6.22. The second kappa shape index (κ2) is 5.58. The third-order valence-electron chi connectivity index (χ3n) is 6.22. The van der Waals surface area contributed by atoms with Gasteiger partial charge in [-0.15, -0.1) is 10.2 Å². The highest BCUT2D eigenvalue weighted by atomic mass is 16.5. The van der Waals surface area contributed by atoms with E-state index in [0.717, 1.165) is 37.5 Å². The van der Waals surface area contributed by atoms with Gasteiger partial charge in [0.05, 0.1) is 0 Å². The lowest BCUT2D eigenvalue weighted by Crippen LogP contribution is -2.37. The number of carbonyl (C=O) groups is 1. The highest BCUT2D eigenvalue weighted by Gasteiger charge is 2.68.